The summed E-state index contributed by atoms with van der Waals surface area (Å²) in [5, 5.41) is 6.83. The Bertz CT molecular complexity index is 801. The van der Waals surface area contributed by atoms with Crippen molar-refractivity contribution >= 4 is 47.4 Å². The molecule has 152 valence electrons. The maximum absolute atomic E-state index is 12.2. The van der Waals surface area contributed by atoms with Crippen LogP contribution in [0.2, 0.25) is 5.02 Å². The van der Waals surface area contributed by atoms with Gasteiger partial charge in [0.1, 0.15) is 5.75 Å². The summed E-state index contributed by atoms with van der Waals surface area (Å²) in [6.45, 7) is 1.71. The molecule has 1 amide bonds. The van der Waals surface area contributed by atoms with E-state index in [1.54, 1.807) is 38.4 Å². The molecule has 28 heavy (non-hydrogen) atoms. The van der Waals surface area contributed by atoms with Crippen LogP contribution < -0.4 is 15.4 Å². The monoisotopic (exact) mass is 516 g/mol. The number of carbonyl (C=O) groups is 1. The molecular weight excluding hydrogens is 491 g/mol. The van der Waals surface area contributed by atoms with Crippen LogP contribution in [0.3, 0.4) is 0 Å². The Morgan fingerprint density at radius 3 is 2.54 bits per heavy atom. The molecule has 0 heterocycles. The van der Waals surface area contributed by atoms with Gasteiger partial charge in [0, 0.05) is 44.3 Å². The molecule has 2 N–H and O–H groups in total. The first-order valence-corrected chi connectivity index (χ1v) is 8.99. The number of nitrogens with zero attached hydrogens (tertiary/aromatic N) is 2. The van der Waals surface area contributed by atoms with Crippen molar-refractivity contribution in [2.75, 3.05) is 34.3 Å². The van der Waals surface area contributed by atoms with Gasteiger partial charge in [0.2, 0.25) is 0 Å². The highest BCUT2D eigenvalue weighted by Crippen LogP contribution is 2.13. The summed E-state index contributed by atoms with van der Waals surface area (Å²) in [4.78, 5) is 18.5. The molecule has 0 aliphatic carbocycles. The number of halogens is 2. The van der Waals surface area contributed by atoms with E-state index >= 15 is 0 Å². The number of carbonyl (C=O) groups excluding carboxylic acids is 1. The summed E-state index contributed by atoms with van der Waals surface area (Å²) in [6.07, 6.45) is 0. The number of aliphatic imine (C=N–C) groups is 1. The highest BCUT2D eigenvalue weighted by atomic mass is 127. The molecule has 0 radical (unpaired) electrons. The molecule has 8 heteroatoms. The Kier molecular flexibility index (Phi) is 10.7. The fourth-order valence-electron chi connectivity index (χ4n) is 2.59. The number of hydrogen-bond donors (Lipinski definition) is 2. The number of methoxy groups -OCH3 is 1. The van der Waals surface area contributed by atoms with Gasteiger partial charge in [0.05, 0.1) is 7.11 Å². The quantitative estimate of drug-likeness (QED) is 0.256. The molecular formula is C20H26ClIN4O2. The molecule has 0 fully saturated rings. The van der Waals surface area contributed by atoms with Crippen LogP contribution in [0.15, 0.2) is 53.5 Å². The summed E-state index contributed by atoms with van der Waals surface area (Å²) in [5.41, 5.74) is 1.66. The maximum Gasteiger partial charge on any atom is 0.251 e. The van der Waals surface area contributed by atoms with Gasteiger partial charge in [-0.05, 0) is 35.9 Å². The van der Waals surface area contributed by atoms with Crippen LogP contribution in [0, 0.1) is 0 Å². The third-order valence-corrected chi connectivity index (χ3v) is 4.14. The van der Waals surface area contributed by atoms with E-state index in [1.807, 2.05) is 36.2 Å². The molecule has 2 aromatic carbocycles. The molecule has 0 saturated heterocycles. The maximum atomic E-state index is 12.2. The second kappa shape index (κ2) is 12.5. The molecule has 6 nitrogen and oxygen atoms in total. The molecule has 0 atom stereocenters. The van der Waals surface area contributed by atoms with E-state index in [4.69, 9.17) is 16.3 Å². The number of guanidine groups is 1. The fraction of sp³-hybridized carbons (Fsp3) is 0.300. The number of amides is 1. The lowest BCUT2D eigenvalue weighted by Crippen LogP contribution is -2.42. The summed E-state index contributed by atoms with van der Waals surface area (Å²) in [7, 11) is 5.25. The molecule has 2 aromatic rings. The Labute approximate surface area is 188 Å². The predicted molar refractivity (Wildman–Crippen MR) is 125 cm³/mol. The van der Waals surface area contributed by atoms with Gasteiger partial charge in [-0.1, -0.05) is 29.8 Å². The minimum Gasteiger partial charge on any atom is -0.497 e. The third-order valence-electron chi connectivity index (χ3n) is 3.91. The molecule has 0 aliphatic heterocycles. The van der Waals surface area contributed by atoms with Crippen LogP contribution in [0.1, 0.15) is 15.9 Å². The Balaban J connectivity index is 0.00000392. The molecule has 0 aromatic heterocycles. The molecule has 0 spiro atoms. The van der Waals surface area contributed by atoms with Crippen molar-refractivity contribution in [3.05, 3.63) is 64.7 Å². The van der Waals surface area contributed by atoms with Gasteiger partial charge < -0.3 is 20.3 Å². The van der Waals surface area contributed by atoms with E-state index in [-0.39, 0.29) is 29.9 Å². The lowest BCUT2D eigenvalue weighted by atomic mass is 10.2. The van der Waals surface area contributed by atoms with E-state index in [1.165, 1.54) is 0 Å². The smallest absolute Gasteiger partial charge is 0.251 e. The average molecular weight is 517 g/mol. The summed E-state index contributed by atoms with van der Waals surface area (Å²) >= 11 is 6.03. The van der Waals surface area contributed by atoms with Gasteiger partial charge in [0.15, 0.2) is 5.96 Å². The summed E-state index contributed by atoms with van der Waals surface area (Å²) in [5.74, 6) is 1.26. The molecule has 2 rings (SSSR count). The van der Waals surface area contributed by atoms with Crippen molar-refractivity contribution in [3.8, 4) is 5.75 Å². The van der Waals surface area contributed by atoms with Crippen LogP contribution in [0.4, 0.5) is 0 Å². The first kappa shape index (κ1) is 24.0. The van der Waals surface area contributed by atoms with Crippen LogP contribution in [-0.4, -0.2) is 51.1 Å². The van der Waals surface area contributed by atoms with Gasteiger partial charge in [-0.25, -0.2) is 0 Å². The van der Waals surface area contributed by atoms with E-state index in [0.717, 1.165) is 11.5 Å². The molecule has 0 unspecified atom stereocenters. The number of nitrogens with one attached hydrogen (secondary N) is 2. The van der Waals surface area contributed by atoms with Crippen molar-refractivity contribution in [2.45, 2.75) is 6.54 Å². The van der Waals surface area contributed by atoms with E-state index < -0.39 is 0 Å². The van der Waals surface area contributed by atoms with E-state index in [0.29, 0.717) is 36.0 Å². The van der Waals surface area contributed by atoms with Gasteiger partial charge in [0.25, 0.3) is 5.91 Å². The van der Waals surface area contributed by atoms with Gasteiger partial charge in [-0.2, -0.15) is 0 Å². The van der Waals surface area contributed by atoms with E-state index in [9.17, 15) is 4.79 Å². The SMILES string of the molecule is CN=C(NCCNC(=O)c1cccc(OC)c1)N(C)Cc1cccc(Cl)c1.I. The van der Waals surface area contributed by atoms with Crippen molar-refractivity contribution in [2.24, 2.45) is 4.99 Å². The average Bonchev–Trinajstić information content (AvgIpc) is 2.67. The highest BCUT2D eigenvalue weighted by molar-refractivity contribution is 14.0. The first-order valence-electron chi connectivity index (χ1n) is 8.62. The second-order valence-electron chi connectivity index (χ2n) is 5.95. The van der Waals surface area contributed by atoms with Crippen LogP contribution in [0.25, 0.3) is 0 Å². The fourth-order valence-corrected chi connectivity index (χ4v) is 2.80. The number of ether oxygens (including phenoxy) is 1. The minimum atomic E-state index is -0.141. The van der Waals surface area contributed by atoms with Crippen LogP contribution in [0.5, 0.6) is 5.75 Å². The van der Waals surface area contributed by atoms with Crippen molar-refractivity contribution in [3.63, 3.8) is 0 Å². The number of benzene rings is 2. The van der Waals surface area contributed by atoms with Crippen molar-refractivity contribution in [1.82, 2.24) is 15.5 Å². The first-order chi connectivity index (χ1) is 13.0. The third kappa shape index (κ3) is 7.55. The number of rotatable bonds is 7. The molecule has 0 aliphatic rings. The zero-order valence-electron chi connectivity index (χ0n) is 16.2. The molecule has 0 bridgehead atoms. The lowest BCUT2D eigenvalue weighted by molar-refractivity contribution is 0.0954. The Hall–Kier alpha value is -2.00. The minimum absolute atomic E-state index is 0. The Morgan fingerprint density at radius 1 is 1.14 bits per heavy atom. The van der Waals surface area contributed by atoms with Crippen LogP contribution >= 0.6 is 35.6 Å². The molecule has 0 saturated carbocycles. The standard InChI is InChI=1S/C20H25ClN4O2.HI/c1-22-20(25(2)14-15-6-4-8-17(21)12-15)24-11-10-23-19(26)16-7-5-9-18(13-16)27-3;/h4-9,12-13H,10-11,14H2,1-3H3,(H,22,24)(H,23,26);1H. The lowest BCUT2D eigenvalue weighted by Gasteiger charge is -2.22. The van der Waals surface area contributed by atoms with Gasteiger partial charge in [-0.15, -0.1) is 24.0 Å². The second-order valence-corrected chi connectivity index (χ2v) is 6.38. The van der Waals surface area contributed by atoms with Gasteiger partial charge in [-0.3, -0.25) is 9.79 Å². The zero-order chi connectivity index (χ0) is 19.6. The largest absolute Gasteiger partial charge is 0.497 e. The normalized spacial score (nSPS) is 10.6. The van der Waals surface area contributed by atoms with E-state index in [2.05, 4.69) is 15.6 Å². The van der Waals surface area contributed by atoms with Gasteiger partial charge >= 0.3 is 0 Å². The highest BCUT2D eigenvalue weighted by Gasteiger charge is 2.08. The Morgan fingerprint density at radius 2 is 1.86 bits per heavy atom. The zero-order valence-corrected chi connectivity index (χ0v) is 19.3. The van der Waals surface area contributed by atoms with Crippen LogP contribution in [-0.2, 0) is 6.54 Å². The number of hydrogen-bond acceptors (Lipinski definition) is 3. The topological polar surface area (TPSA) is 66.0 Å². The predicted octanol–water partition coefficient (Wildman–Crippen LogP) is 3.40. The van der Waals surface area contributed by atoms with Crippen molar-refractivity contribution in [1.29, 1.82) is 0 Å². The van der Waals surface area contributed by atoms with Crippen molar-refractivity contribution < 1.29 is 9.53 Å². The summed E-state index contributed by atoms with van der Waals surface area (Å²) in [6, 6.07) is 14.8. The summed E-state index contributed by atoms with van der Waals surface area (Å²) < 4.78 is 5.14.